The first-order valence-corrected chi connectivity index (χ1v) is 7.67. The van der Waals surface area contributed by atoms with E-state index in [1.165, 1.54) is 11.3 Å². The molecule has 0 aliphatic heterocycles. The fourth-order valence-electron chi connectivity index (χ4n) is 1.52. The monoisotopic (exact) mass is 420 g/mol. The van der Waals surface area contributed by atoms with Crippen LogP contribution in [0.2, 0.25) is 0 Å². The molecule has 0 atom stereocenters. The van der Waals surface area contributed by atoms with Crippen molar-refractivity contribution in [1.82, 2.24) is 4.57 Å². The molecule has 2 aromatic rings. The van der Waals surface area contributed by atoms with Crippen molar-refractivity contribution in [2.45, 2.75) is 6.54 Å². The molecule has 0 radical (unpaired) electrons. The summed E-state index contributed by atoms with van der Waals surface area (Å²) in [6, 6.07) is 2.84. The summed E-state index contributed by atoms with van der Waals surface area (Å²) >= 11 is 7.44. The third-order valence-electron chi connectivity index (χ3n) is 2.42. The lowest BCUT2D eigenvalue weighted by atomic mass is 10.3. The first-order chi connectivity index (χ1) is 9.40. The SMILES string of the molecule is O=C(Cn1cc([N+](=O)[O-])cc(Br)c1=O)c1sccc1Br. The summed E-state index contributed by atoms with van der Waals surface area (Å²) < 4.78 is 1.71. The second kappa shape index (κ2) is 5.98. The molecule has 104 valence electrons. The summed E-state index contributed by atoms with van der Waals surface area (Å²) in [6.45, 7) is -0.252. The van der Waals surface area contributed by atoms with Crippen LogP contribution >= 0.6 is 43.2 Å². The number of nitro groups is 1. The molecule has 0 saturated carbocycles. The standard InChI is InChI=1S/C11H6Br2N2O4S/c12-7-1-2-20-10(7)9(16)5-14-4-6(15(18)19)3-8(13)11(14)17/h1-4H,5H2. The number of Topliss-reactive ketones (excluding diaryl/α,β-unsaturated/α-hetero) is 1. The van der Waals surface area contributed by atoms with Gasteiger partial charge in [-0.2, -0.15) is 0 Å². The third kappa shape index (κ3) is 3.05. The molecule has 0 aliphatic rings. The van der Waals surface area contributed by atoms with Gasteiger partial charge < -0.3 is 0 Å². The summed E-state index contributed by atoms with van der Waals surface area (Å²) in [5, 5.41) is 12.5. The Bertz CT molecular complexity index is 753. The second-order valence-corrected chi connectivity index (χ2v) is 6.38. The van der Waals surface area contributed by atoms with E-state index in [0.29, 0.717) is 9.35 Å². The van der Waals surface area contributed by atoms with E-state index in [1.54, 1.807) is 11.4 Å². The van der Waals surface area contributed by atoms with E-state index in [4.69, 9.17) is 0 Å². The van der Waals surface area contributed by atoms with Gasteiger partial charge in [-0.3, -0.25) is 24.3 Å². The molecule has 0 aliphatic carbocycles. The number of hydrogen-bond donors (Lipinski definition) is 0. The number of hydrogen-bond acceptors (Lipinski definition) is 5. The number of pyridine rings is 1. The van der Waals surface area contributed by atoms with Crippen LogP contribution in [0.15, 0.2) is 37.4 Å². The van der Waals surface area contributed by atoms with E-state index in [0.717, 1.165) is 16.8 Å². The summed E-state index contributed by atoms with van der Waals surface area (Å²) in [7, 11) is 0. The van der Waals surface area contributed by atoms with Crippen LogP contribution in [0, 0.1) is 10.1 Å². The Morgan fingerprint density at radius 1 is 1.40 bits per heavy atom. The van der Waals surface area contributed by atoms with Gasteiger partial charge in [0.15, 0.2) is 5.78 Å². The summed E-state index contributed by atoms with van der Waals surface area (Å²) in [4.78, 5) is 34.6. The Morgan fingerprint density at radius 2 is 2.10 bits per heavy atom. The Balaban J connectivity index is 2.39. The second-order valence-electron chi connectivity index (χ2n) is 3.76. The Kier molecular flexibility index (Phi) is 4.51. The molecule has 0 saturated heterocycles. The van der Waals surface area contributed by atoms with Gasteiger partial charge in [-0.25, -0.2) is 0 Å². The minimum atomic E-state index is -0.619. The average molecular weight is 422 g/mol. The predicted molar refractivity (Wildman–Crippen MR) is 81.4 cm³/mol. The third-order valence-corrected chi connectivity index (χ3v) is 4.87. The number of carbonyl (C=O) groups excluding carboxylic acids is 1. The lowest BCUT2D eigenvalue weighted by molar-refractivity contribution is -0.385. The summed E-state index contributed by atoms with van der Waals surface area (Å²) in [6.07, 6.45) is 1.06. The van der Waals surface area contributed by atoms with E-state index >= 15 is 0 Å². The van der Waals surface area contributed by atoms with Crippen molar-refractivity contribution in [3.05, 3.63) is 58.0 Å². The topological polar surface area (TPSA) is 82.2 Å². The van der Waals surface area contributed by atoms with Gasteiger partial charge in [0.2, 0.25) is 0 Å². The van der Waals surface area contributed by atoms with Crippen molar-refractivity contribution in [3.8, 4) is 0 Å². The molecule has 0 unspecified atom stereocenters. The zero-order valence-corrected chi connectivity index (χ0v) is 13.7. The lowest BCUT2D eigenvalue weighted by Gasteiger charge is -2.05. The predicted octanol–water partition coefficient (Wildman–Crippen LogP) is 3.23. The normalized spacial score (nSPS) is 10.5. The highest BCUT2D eigenvalue weighted by Crippen LogP contribution is 2.23. The number of rotatable bonds is 4. The van der Waals surface area contributed by atoms with Crippen LogP contribution in [-0.2, 0) is 6.54 Å². The van der Waals surface area contributed by atoms with Gasteiger partial charge in [-0.1, -0.05) is 0 Å². The van der Waals surface area contributed by atoms with Gasteiger partial charge >= 0.3 is 0 Å². The largest absolute Gasteiger partial charge is 0.300 e. The molecule has 0 spiro atoms. The molecular formula is C11H6Br2N2O4S. The van der Waals surface area contributed by atoms with Gasteiger partial charge in [0.1, 0.15) is 0 Å². The van der Waals surface area contributed by atoms with Crippen LogP contribution in [0.1, 0.15) is 9.67 Å². The van der Waals surface area contributed by atoms with Gasteiger partial charge in [-0.15, -0.1) is 11.3 Å². The van der Waals surface area contributed by atoms with E-state index in [9.17, 15) is 19.7 Å². The van der Waals surface area contributed by atoms with E-state index < -0.39 is 10.5 Å². The Morgan fingerprint density at radius 3 is 2.65 bits per heavy atom. The molecule has 9 heteroatoms. The first kappa shape index (κ1) is 15.1. The zero-order valence-electron chi connectivity index (χ0n) is 9.71. The Labute approximate surface area is 133 Å². The first-order valence-electron chi connectivity index (χ1n) is 5.20. The summed E-state index contributed by atoms with van der Waals surface area (Å²) in [5.74, 6) is -0.290. The van der Waals surface area contributed by atoms with Crippen molar-refractivity contribution < 1.29 is 9.72 Å². The number of halogens is 2. The molecule has 0 fully saturated rings. The van der Waals surface area contributed by atoms with Crippen molar-refractivity contribution in [2.75, 3.05) is 0 Å². The van der Waals surface area contributed by atoms with Crippen molar-refractivity contribution >= 4 is 54.7 Å². The van der Waals surface area contributed by atoms with Crippen LogP contribution < -0.4 is 5.56 Å². The van der Waals surface area contributed by atoms with Crippen LogP contribution in [0.3, 0.4) is 0 Å². The number of thiophene rings is 1. The molecule has 0 aromatic carbocycles. The minimum Gasteiger partial charge on any atom is -0.300 e. The van der Waals surface area contributed by atoms with Crippen LogP contribution in [0.25, 0.3) is 0 Å². The maximum atomic E-state index is 12.1. The molecule has 20 heavy (non-hydrogen) atoms. The fourth-order valence-corrected chi connectivity index (χ4v) is 3.51. The van der Waals surface area contributed by atoms with Crippen molar-refractivity contribution in [1.29, 1.82) is 0 Å². The van der Waals surface area contributed by atoms with Crippen molar-refractivity contribution in [3.63, 3.8) is 0 Å². The lowest BCUT2D eigenvalue weighted by Crippen LogP contribution is -2.24. The highest BCUT2D eigenvalue weighted by Gasteiger charge is 2.17. The number of nitrogens with zero attached hydrogens (tertiary/aromatic N) is 2. The fraction of sp³-hybridized carbons (Fsp3) is 0.0909. The quantitative estimate of drug-likeness (QED) is 0.431. The average Bonchev–Trinajstić information content (AvgIpc) is 2.80. The number of aromatic nitrogens is 1. The summed E-state index contributed by atoms with van der Waals surface area (Å²) in [5.41, 5.74) is -0.744. The highest BCUT2D eigenvalue weighted by atomic mass is 79.9. The minimum absolute atomic E-state index is 0.0461. The smallest absolute Gasteiger partial charge is 0.286 e. The van der Waals surface area contributed by atoms with E-state index in [2.05, 4.69) is 31.9 Å². The maximum absolute atomic E-state index is 12.1. The molecule has 0 amide bonds. The molecular weight excluding hydrogens is 416 g/mol. The number of carbonyl (C=O) groups is 1. The maximum Gasteiger partial charge on any atom is 0.286 e. The van der Waals surface area contributed by atoms with E-state index in [1.807, 2.05) is 0 Å². The van der Waals surface area contributed by atoms with Gasteiger partial charge in [-0.05, 0) is 43.3 Å². The molecule has 2 heterocycles. The molecule has 0 N–H and O–H groups in total. The van der Waals surface area contributed by atoms with Gasteiger partial charge in [0.05, 0.1) is 27.0 Å². The van der Waals surface area contributed by atoms with Gasteiger partial charge in [0.25, 0.3) is 11.2 Å². The van der Waals surface area contributed by atoms with Crippen molar-refractivity contribution in [2.24, 2.45) is 0 Å². The van der Waals surface area contributed by atoms with Crippen LogP contribution in [-0.4, -0.2) is 15.3 Å². The molecule has 2 aromatic heterocycles. The molecule has 2 rings (SSSR count). The number of ketones is 1. The molecule has 0 bridgehead atoms. The van der Waals surface area contributed by atoms with Crippen LogP contribution in [0.4, 0.5) is 5.69 Å². The van der Waals surface area contributed by atoms with E-state index in [-0.39, 0.29) is 22.5 Å². The molecule has 6 nitrogen and oxygen atoms in total. The van der Waals surface area contributed by atoms with Crippen LogP contribution in [0.5, 0.6) is 0 Å². The highest BCUT2D eigenvalue weighted by molar-refractivity contribution is 9.10. The van der Waals surface area contributed by atoms with Gasteiger partial charge in [0, 0.05) is 10.5 Å². The Hall–Kier alpha value is -1.32. The zero-order chi connectivity index (χ0) is 14.9.